The molecule has 1 fully saturated rings. The molecule has 1 aliphatic heterocycles. The Kier molecular flexibility index (Phi) is 7.49. The van der Waals surface area contributed by atoms with E-state index in [1.54, 1.807) is 0 Å². The number of carbonyl (C=O) groups is 1. The van der Waals surface area contributed by atoms with Crippen molar-refractivity contribution in [3.8, 4) is 0 Å². The molecule has 2 N–H and O–H groups in total. The first-order valence-corrected chi connectivity index (χ1v) is 11.2. The van der Waals surface area contributed by atoms with Gasteiger partial charge in [-0.25, -0.2) is 4.98 Å². The first-order chi connectivity index (χ1) is 15.2. The van der Waals surface area contributed by atoms with Crippen molar-refractivity contribution in [3.63, 3.8) is 0 Å². The number of carbonyl (C=O) groups excluding carboxylic acids is 1. The van der Waals surface area contributed by atoms with Crippen LogP contribution < -0.4 is 5.32 Å². The first kappa shape index (κ1) is 21.3. The highest BCUT2D eigenvalue weighted by molar-refractivity contribution is 7.99. The minimum absolute atomic E-state index is 0.0860. The van der Waals surface area contributed by atoms with Crippen molar-refractivity contribution in [1.29, 1.82) is 0 Å². The summed E-state index contributed by atoms with van der Waals surface area (Å²) in [7, 11) is 0. The van der Waals surface area contributed by atoms with Crippen LogP contribution in [0.3, 0.4) is 0 Å². The maximum atomic E-state index is 12.3. The summed E-state index contributed by atoms with van der Waals surface area (Å²) in [6.07, 6.45) is 3.83. The van der Waals surface area contributed by atoms with E-state index in [4.69, 9.17) is 4.74 Å². The molecule has 2 aromatic carbocycles. The molecule has 1 saturated heterocycles. The van der Waals surface area contributed by atoms with Crippen molar-refractivity contribution in [1.82, 2.24) is 20.1 Å². The molecule has 2 heterocycles. The van der Waals surface area contributed by atoms with Crippen molar-refractivity contribution in [2.24, 2.45) is 0 Å². The molecule has 0 saturated carbocycles. The van der Waals surface area contributed by atoms with Crippen LogP contribution in [0.2, 0.25) is 0 Å². The Balaban J connectivity index is 1.22. The third-order valence-corrected chi connectivity index (χ3v) is 5.64. The van der Waals surface area contributed by atoms with E-state index in [1.807, 2.05) is 54.6 Å². The summed E-state index contributed by atoms with van der Waals surface area (Å²) in [5.41, 5.74) is 3.10. The molecule has 1 aromatic heterocycles. The Bertz CT molecular complexity index is 998. The number of ether oxygens (including phenoxy) is 1. The fourth-order valence-corrected chi connectivity index (χ4v) is 3.78. The third-order valence-electron chi connectivity index (χ3n) is 4.80. The highest BCUT2D eigenvalue weighted by Gasteiger charge is 2.11. The molecule has 0 radical (unpaired) electrons. The lowest BCUT2D eigenvalue weighted by molar-refractivity contribution is -0.113. The van der Waals surface area contributed by atoms with E-state index in [0.29, 0.717) is 11.0 Å². The summed E-state index contributed by atoms with van der Waals surface area (Å²) < 4.78 is 5.38. The number of morpholine rings is 1. The van der Waals surface area contributed by atoms with Crippen LogP contribution in [0.4, 0.5) is 5.69 Å². The number of hydrogen-bond acceptors (Lipinski definition) is 6. The van der Waals surface area contributed by atoms with E-state index >= 15 is 0 Å². The molecule has 160 valence electrons. The van der Waals surface area contributed by atoms with Gasteiger partial charge in [-0.05, 0) is 29.3 Å². The molecule has 8 heteroatoms. The van der Waals surface area contributed by atoms with Crippen LogP contribution in [0.1, 0.15) is 17.0 Å². The highest BCUT2D eigenvalue weighted by atomic mass is 32.2. The van der Waals surface area contributed by atoms with Crippen molar-refractivity contribution >= 4 is 35.5 Å². The first-order valence-electron chi connectivity index (χ1n) is 10.2. The Hall–Kier alpha value is -2.94. The predicted molar refractivity (Wildman–Crippen MR) is 124 cm³/mol. The summed E-state index contributed by atoms with van der Waals surface area (Å²) in [6.45, 7) is 4.41. The molecule has 1 aliphatic rings. The van der Waals surface area contributed by atoms with E-state index in [2.05, 4.69) is 37.5 Å². The Morgan fingerprint density at radius 1 is 1.10 bits per heavy atom. The standard InChI is InChI=1S/C23H25N5O2S/c29-22(24-20-9-6-19(7-10-20)16-28-12-14-30-15-13-28)17-31-23-25-21(26-27-23)11-8-18-4-2-1-3-5-18/h1-11H,12-17H2,(H,24,29)(H,25,26,27)/b11-8+. The second-order valence-electron chi connectivity index (χ2n) is 7.17. The summed E-state index contributed by atoms with van der Waals surface area (Å²) in [5.74, 6) is 0.814. The van der Waals surface area contributed by atoms with Gasteiger partial charge in [-0.15, -0.1) is 5.10 Å². The average Bonchev–Trinajstić information content (AvgIpc) is 3.27. The summed E-state index contributed by atoms with van der Waals surface area (Å²) in [4.78, 5) is 19.0. The monoisotopic (exact) mass is 435 g/mol. The second-order valence-corrected chi connectivity index (χ2v) is 8.11. The SMILES string of the molecule is O=C(CSc1n[nH]c(/C=C/c2ccccc2)n1)Nc1ccc(CN2CCOCC2)cc1. The predicted octanol–water partition coefficient (Wildman–Crippen LogP) is 3.54. The third kappa shape index (κ3) is 6.78. The number of nitrogens with one attached hydrogen (secondary N) is 2. The zero-order valence-corrected chi connectivity index (χ0v) is 18.0. The number of hydrogen-bond donors (Lipinski definition) is 2. The van der Waals surface area contributed by atoms with Crippen LogP contribution in [-0.2, 0) is 16.1 Å². The smallest absolute Gasteiger partial charge is 0.234 e. The number of H-pyrrole nitrogens is 1. The Morgan fingerprint density at radius 2 is 1.87 bits per heavy atom. The lowest BCUT2D eigenvalue weighted by atomic mass is 10.2. The minimum atomic E-state index is -0.0860. The second kappa shape index (κ2) is 10.9. The number of rotatable bonds is 8. The zero-order valence-electron chi connectivity index (χ0n) is 17.2. The summed E-state index contributed by atoms with van der Waals surface area (Å²) >= 11 is 1.30. The maximum absolute atomic E-state index is 12.3. The molecule has 0 spiro atoms. The van der Waals surface area contributed by atoms with Gasteiger partial charge in [-0.3, -0.25) is 14.8 Å². The number of anilines is 1. The molecule has 7 nitrogen and oxygen atoms in total. The van der Waals surface area contributed by atoms with E-state index in [1.165, 1.54) is 17.3 Å². The minimum Gasteiger partial charge on any atom is -0.379 e. The van der Waals surface area contributed by atoms with Gasteiger partial charge in [-0.2, -0.15) is 0 Å². The van der Waals surface area contributed by atoms with Gasteiger partial charge in [-0.1, -0.05) is 60.3 Å². The van der Waals surface area contributed by atoms with Gasteiger partial charge < -0.3 is 10.1 Å². The average molecular weight is 436 g/mol. The van der Waals surface area contributed by atoms with E-state index in [0.717, 1.165) is 44.1 Å². The highest BCUT2D eigenvalue weighted by Crippen LogP contribution is 2.16. The van der Waals surface area contributed by atoms with E-state index in [9.17, 15) is 4.79 Å². The maximum Gasteiger partial charge on any atom is 0.234 e. The molecule has 31 heavy (non-hydrogen) atoms. The van der Waals surface area contributed by atoms with Gasteiger partial charge in [0.25, 0.3) is 0 Å². The lowest BCUT2D eigenvalue weighted by Crippen LogP contribution is -2.35. The summed E-state index contributed by atoms with van der Waals surface area (Å²) in [5, 5.41) is 10.5. The van der Waals surface area contributed by atoms with Gasteiger partial charge in [0.2, 0.25) is 11.1 Å². The summed E-state index contributed by atoms with van der Waals surface area (Å²) in [6, 6.07) is 18.0. The normalized spacial score (nSPS) is 14.7. The van der Waals surface area contributed by atoms with Crippen LogP contribution in [-0.4, -0.2) is 58.0 Å². The zero-order chi connectivity index (χ0) is 21.3. The van der Waals surface area contributed by atoms with Crippen LogP contribution in [0.25, 0.3) is 12.2 Å². The van der Waals surface area contributed by atoms with Crippen LogP contribution >= 0.6 is 11.8 Å². The number of aromatic nitrogens is 3. The topological polar surface area (TPSA) is 83.1 Å². The molecular formula is C23H25N5O2S. The molecule has 4 rings (SSSR count). The molecular weight excluding hydrogens is 410 g/mol. The molecule has 0 bridgehead atoms. The number of amides is 1. The number of benzene rings is 2. The fraction of sp³-hybridized carbons (Fsp3) is 0.261. The molecule has 0 atom stereocenters. The van der Waals surface area contributed by atoms with Crippen molar-refractivity contribution in [2.75, 3.05) is 37.4 Å². The quantitative estimate of drug-likeness (QED) is 0.527. The molecule has 0 aliphatic carbocycles. The number of aromatic amines is 1. The van der Waals surface area contributed by atoms with Crippen molar-refractivity contribution in [2.45, 2.75) is 11.7 Å². The van der Waals surface area contributed by atoms with Crippen LogP contribution in [0, 0.1) is 0 Å². The van der Waals surface area contributed by atoms with Crippen LogP contribution in [0.5, 0.6) is 0 Å². The Labute approximate surface area is 185 Å². The number of nitrogens with zero attached hydrogens (tertiary/aromatic N) is 3. The molecule has 1 amide bonds. The van der Waals surface area contributed by atoms with Gasteiger partial charge in [0.05, 0.1) is 19.0 Å². The van der Waals surface area contributed by atoms with Crippen molar-refractivity contribution < 1.29 is 9.53 Å². The Morgan fingerprint density at radius 3 is 2.65 bits per heavy atom. The van der Waals surface area contributed by atoms with Gasteiger partial charge in [0.1, 0.15) is 5.82 Å². The number of thioether (sulfide) groups is 1. The van der Waals surface area contributed by atoms with Gasteiger partial charge >= 0.3 is 0 Å². The van der Waals surface area contributed by atoms with E-state index in [-0.39, 0.29) is 11.7 Å². The van der Waals surface area contributed by atoms with Crippen LogP contribution in [0.15, 0.2) is 59.8 Å². The molecule has 0 unspecified atom stereocenters. The molecule has 3 aromatic rings. The van der Waals surface area contributed by atoms with Crippen molar-refractivity contribution in [3.05, 3.63) is 71.5 Å². The largest absolute Gasteiger partial charge is 0.379 e. The fourth-order valence-electron chi connectivity index (χ4n) is 3.17. The van der Waals surface area contributed by atoms with Gasteiger partial charge in [0, 0.05) is 25.3 Å². The van der Waals surface area contributed by atoms with Gasteiger partial charge in [0.15, 0.2) is 0 Å². The van der Waals surface area contributed by atoms with E-state index < -0.39 is 0 Å². The lowest BCUT2D eigenvalue weighted by Gasteiger charge is -2.26.